The monoisotopic (exact) mass is 1180 g/mol. The molecule has 0 aliphatic carbocycles. The lowest BCUT2D eigenvalue weighted by Gasteiger charge is -2.26. The van der Waals surface area contributed by atoms with Crippen molar-refractivity contribution in [3.63, 3.8) is 0 Å². The van der Waals surface area contributed by atoms with Gasteiger partial charge < -0.3 is 66.3 Å². The van der Waals surface area contributed by atoms with Crippen molar-refractivity contribution < 1.29 is 71.9 Å². The van der Waals surface area contributed by atoms with Gasteiger partial charge in [-0.2, -0.15) is 13.5 Å². The summed E-state index contributed by atoms with van der Waals surface area (Å²) in [6.07, 6.45) is -3.27. The van der Waals surface area contributed by atoms with Crippen LogP contribution in [0.1, 0.15) is 78.7 Å². The zero-order valence-corrected chi connectivity index (χ0v) is 47.1. The van der Waals surface area contributed by atoms with Crippen molar-refractivity contribution in [2.75, 3.05) is 45.0 Å². The van der Waals surface area contributed by atoms with Gasteiger partial charge in [0.05, 0.1) is 42.0 Å². The zero-order valence-electron chi connectivity index (χ0n) is 46.3. The molecule has 0 saturated heterocycles. The van der Waals surface area contributed by atoms with Crippen LogP contribution >= 0.6 is 0 Å². The number of aliphatic hydroxyl groups excluding tert-OH is 5. The Labute approximate surface area is 485 Å². The van der Waals surface area contributed by atoms with Gasteiger partial charge in [-0.05, 0) is 115 Å². The number of benzene rings is 4. The predicted molar refractivity (Wildman–Crippen MR) is 308 cm³/mol. The van der Waals surface area contributed by atoms with Gasteiger partial charge in [0.1, 0.15) is 24.4 Å². The van der Waals surface area contributed by atoms with E-state index in [2.05, 4.69) is 55.6 Å². The Morgan fingerprint density at radius 1 is 0.738 bits per heavy atom. The fourth-order valence-electron chi connectivity index (χ4n) is 8.73. The van der Waals surface area contributed by atoms with Crippen molar-refractivity contribution in [3.8, 4) is 39.8 Å². The Hall–Kier alpha value is -8.43. The quantitative estimate of drug-likeness (QED) is 0.0146. The molecule has 11 N–H and O–H groups in total. The number of fused-ring (bicyclic) bond motifs is 1. The number of rotatable bonds is 30. The molecule has 25 heteroatoms. The van der Waals surface area contributed by atoms with Crippen molar-refractivity contribution in [3.05, 3.63) is 144 Å². The molecule has 1 aliphatic rings. The number of ether oxygens (including phenoxy) is 3. The van der Waals surface area contributed by atoms with Crippen LogP contribution in [-0.2, 0) is 21.5 Å². The smallest absolute Gasteiger partial charge is 0.319 e. The number of hydrogen-bond acceptors (Lipinski definition) is 18. The summed E-state index contributed by atoms with van der Waals surface area (Å²) in [6.45, 7) is 3.54. The van der Waals surface area contributed by atoms with Gasteiger partial charge in [0.15, 0.2) is 17.3 Å². The lowest BCUT2D eigenvalue weighted by Crippen LogP contribution is -2.52. The highest BCUT2D eigenvalue weighted by atomic mass is 32.2. The molecule has 5 atom stereocenters. The van der Waals surface area contributed by atoms with Crippen LogP contribution in [-0.4, -0.2) is 142 Å². The minimum absolute atomic E-state index is 0.00808. The Morgan fingerprint density at radius 2 is 1.50 bits per heavy atom. The number of unbranched alkanes of at least 4 members (excludes halogenated alkanes) is 2. The van der Waals surface area contributed by atoms with Crippen LogP contribution in [0.3, 0.4) is 0 Å². The Morgan fingerprint density at radius 3 is 2.26 bits per heavy atom. The maximum absolute atomic E-state index is 13.5. The SMILES string of the molecule is CC(C)(CCCCOc1cc(-c2ccc3c(c2)OCO3)cc(-c2ccccc2)n1)CNC(=O)Nc1cccc(C(=O)NCCCCC(NC(=O)c2ccc(N=NCc3ccccc3S(=O)(=O)O)nc2)C(=O)NC[C@H](O)[C@@H](O)[C@H](O)[C@H](O)CO)c1. The number of carbonyl (C=O) groups excluding carboxylic acids is 4. The summed E-state index contributed by atoms with van der Waals surface area (Å²) >= 11 is 0. The number of hydrogen-bond donors (Lipinski definition) is 11. The van der Waals surface area contributed by atoms with E-state index in [1.165, 1.54) is 36.4 Å². The summed E-state index contributed by atoms with van der Waals surface area (Å²) < 4.78 is 50.3. The van der Waals surface area contributed by atoms with Gasteiger partial charge in [-0.15, -0.1) is 5.11 Å². The van der Waals surface area contributed by atoms with Crippen LogP contribution in [0, 0.1) is 5.41 Å². The number of pyridine rings is 2. The molecule has 6 aromatic rings. The lowest BCUT2D eigenvalue weighted by molar-refractivity contribution is -0.127. The summed E-state index contributed by atoms with van der Waals surface area (Å²) in [7, 11) is -4.50. The van der Waals surface area contributed by atoms with Gasteiger partial charge in [0.2, 0.25) is 18.6 Å². The minimum Gasteiger partial charge on any atom is -0.478 e. The molecule has 0 saturated carbocycles. The van der Waals surface area contributed by atoms with Gasteiger partial charge in [-0.1, -0.05) is 74.5 Å². The molecule has 1 aliphatic heterocycles. The summed E-state index contributed by atoms with van der Waals surface area (Å²) in [5.74, 6) is -0.0146. The normalized spacial score (nSPS) is 14.0. The lowest BCUT2D eigenvalue weighted by atomic mass is 9.87. The van der Waals surface area contributed by atoms with Gasteiger partial charge in [-0.25, -0.2) is 14.8 Å². The fraction of sp³-hybridized carbons (Fsp3) is 0.356. The first kappa shape index (κ1) is 63.2. The van der Waals surface area contributed by atoms with E-state index >= 15 is 0 Å². The Bertz CT molecular complexity index is 3340. The molecule has 4 aromatic carbocycles. The molecule has 2 aromatic heterocycles. The van der Waals surface area contributed by atoms with E-state index in [-0.39, 0.29) is 65.5 Å². The average Bonchev–Trinajstić information content (AvgIpc) is 4.17. The van der Waals surface area contributed by atoms with E-state index < -0.39 is 77.5 Å². The van der Waals surface area contributed by atoms with E-state index in [4.69, 9.17) is 24.3 Å². The topological polar surface area (TPSA) is 362 Å². The first-order chi connectivity index (χ1) is 40.3. The first-order valence-corrected chi connectivity index (χ1v) is 28.5. The molecular formula is C59H69N9O15S. The second-order valence-electron chi connectivity index (χ2n) is 20.6. The van der Waals surface area contributed by atoms with Crippen LogP contribution in [0.15, 0.2) is 143 Å². The van der Waals surface area contributed by atoms with Crippen molar-refractivity contribution in [2.24, 2.45) is 15.6 Å². The molecule has 24 nitrogen and oxygen atoms in total. The van der Waals surface area contributed by atoms with Gasteiger partial charge >= 0.3 is 6.03 Å². The number of amides is 5. The molecule has 0 fully saturated rings. The summed E-state index contributed by atoms with van der Waals surface area (Å²) in [5.41, 5.74) is 4.20. The second kappa shape index (κ2) is 30.2. The summed E-state index contributed by atoms with van der Waals surface area (Å²) in [6, 6.07) is 32.7. The first-order valence-electron chi connectivity index (χ1n) is 27.1. The molecule has 1 unspecified atom stereocenters. The van der Waals surface area contributed by atoms with Crippen LogP contribution in [0.25, 0.3) is 22.4 Å². The molecule has 84 heavy (non-hydrogen) atoms. The number of azo groups is 1. The summed E-state index contributed by atoms with van der Waals surface area (Å²) in [5, 5.41) is 71.0. The number of nitrogens with zero attached hydrogens (tertiary/aromatic N) is 4. The van der Waals surface area contributed by atoms with Gasteiger partial charge in [0, 0.05) is 48.7 Å². The van der Waals surface area contributed by atoms with Gasteiger partial charge in [-0.3, -0.25) is 18.9 Å². The number of anilines is 1. The highest BCUT2D eigenvalue weighted by Crippen LogP contribution is 2.38. The fourth-order valence-corrected chi connectivity index (χ4v) is 9.45. The number of carbonyl (C=O) groups is 4. The number of nitrogens with one attached hydrogen (secondary N) is 5. The summed E-state index contributed by atoms with van der Waals surface area (Å²) in [4.78, 5) is 61.8. The van der Waals surface area contributed by atoms with Gasteiger partial charge in [0.25, 0.3) is 21.9 Å². The van der Waals surface area contributed by atoms with Crippen LogP contribution in [0.5, 0.6) is 17.4 Å². The van der Waals surface area contributed by atoms with Crippen molar-refractivity contribution in [2.45, 2.75) is 94.3 Å². The maximum atomic E-state index is 13.5. The largest absolute Gasteiger partial charge is 0.478 e. The van der Waals surface area contributed by atoms with E-state index in [1.807, 2.05) is 60.7 Å². The Balaban J connectivity index is 0.850. The second-order valence-corrected chi connectivity index (χ2v) is 22.0. The number of aliphatic hydroxyl groups is 5. The standard InChI is InChI=1S/C59H69N9O15S/c1-59(2,24-9-11-26-81-52-30-42(28-45(66-52)37-13-4-3-5-14-37)38-20-22-48-49(29-38)83-36-82-48)35-63-58(77)65-43-17-12-16-39(27-43)55(74)60-25-10-8-18-44(57(76)62-33-46(70)53(72)54(73)47(71)34-69)67-56(75)41-21-23-51(61-31-41)68-64-32-40-15-6-7-19-50(40)84(78,79)80/h3-7,12-17,19-23,27-31,44,46-47,53-54,69-73H,8-11,18,24-26,32-36H2,1-2H3,(H,60,74)(H,62,76)(H,67,75)(H2,63,65,77)(H,78,79,80)/t44?,46-,47+,53+,54+/m0/s1. The average molecular weight is 1180 g/mol. The molecule has 7 rings (SSSR count). The maximum Gasteiger partial charge on any atom is 0.319 e. The molecular weight excluding hydrogens is 1110 g/mol. The highest BCUT2D eigenvalue weighted by Gasteiger charge is 2.31. The Kier molecular flexibility index (Phi) is 22.7. The third-order valence-corrected chi connectivity index (χ3v) is 14.5. The van der Waals surface area contributed by atoms with E-state index in [0.29, 0.717) is 42.6 Å². The third-order valence-electron chi connectivity index (χ3n) is 13.5. The van der Waals surface area contributed by atoms with E-state index in [1.54, 1.807) is 24.3 Å². The molecule has 0 radical (unpaired) electrons. The van der Waals surface area contributed by atoms with Crippen molar-refractivity contribution in [1.29, 1.82) is 0 Å². The predicted octanol–water partition coefficient (Wildman–Crippen LogP) is 5.72. The van der Waals surface area contributed by atoms with Crippen LogP contribution in [0.4, 0.5) is 16.3 Å². The van der Waals surface area contributed by atoms with Crippen molar-refractivity contribution in [1.82, 2.24) is 31.2 Å². The van der Waals surface area contributed by atoms with Crippen LogP contribution in [0.2, 0.25) is 0 Å². The third kappa shape index (κ3) is 18.8. The highest BCUT2D eigenvalue weighted by molar-refractivity contribution is 7.85. The number of urea groups is 1. The van der Waals surface area contributed by atoms with Crippen LogP contribution < -0.4 is 40.8 Å². The molecule has 446 valence electrons. The minimum atomic E-state index is -4.50. The molecule has 0 spiro atoms. The zero-order chi connectivity index (χ0) is 60.2. The van der Waals surface area contributed by atoms with E-state index in [9.17, 15) is 52.6 Å². The van der Waals surface area contributed by atoms with E-state index in [0.717, 1.165) is 47.8 Å². The van der Waals surface area contributed by atoms with Crippen molar-refractivity contribution >= 4 is 45.4 Å². The molecule has 5 amide bonds. The molecule has 3 heterocycles. The molecule has 0 bridgehead atoms. The number of aromatic nitrogens is 2.